The van der Waals surface area contributed by atoms with Gasteiger partial charge in [0.15, 0.2) is 5.13 Å². The number of carbonyl (C=O) groups excluding carboxylic acids is 2. The number of rotatable bonds is 6. The lowest BCUT2D eigenvalue weighted by molar-refractivity contribution is -0.120. The van der Waals surface area contributed by atoms with E-state index in [-0.39, 0.29) is 24.3 Å². The minimum Gasteiger partial charge on any atom is -0.348 e. The Balaban J connectivity index is 1.99. The number of aromatic nitrogens is 1. The van der Waals surface area contributed by atoms with E-state index in [4.69, 9.17) is 0 Å². The van der Waals surface area contributed by atoms with Crippen molar-refractivity contribution in [3.05, 3.63) is 33.5 Å². The number of thiophene rings is 1. The first-order valence-electron chi connectivity index (χ1n) is 7.01. The number of amides is 2. The topological polar surface area (TPSA) is 71.1 Å². The Morgan fingerprint density at radius 1 is 1.32 bits per heavy atom. The molecule has 0 fully saturated rings. The molecule has 0 bridgehead atoms. The molecule has 2 amide bonds. The molecule has 0 spiro atoms. The summed E-state index contributed by atoms with van der Waals surface area (Å²) >= 11 is 2.94. The predicted molar refractivity (Wildman–Crippen MR) is 90.3 cm³/mol. The molecule has 0 aliphatic heterocycles. The zero-order valence-electron chi connectivity index (χ0n) is 12.8. The summed E-state index contributed by atoms with van der Waals surface area (Å²) in [6, 6.07) is 3.52. The van der Waals surface area contributed by atoms with E-state index >= 15 is 0 Å². The van der Waals surface area contributed by atoms with Crippen molar-refractivity contribution in [1.29, 1.82) is 0 Å². The van der Waals surface area contributed by atoms with E-state index in [9.17, 15) is 9.59 Å². The van der Waals surface area contributed by atoms with Crippen molar-refractivity contribution < 1.29 is 9.59 Å². The molecule has 0 saturated heterocycles. The zero-order valence-corrected chi connectivity index (χ0v) is 14.4. The molecule has 118 valence electrons. The van der Waals surface area contributed by atoms with Gasteiger partial charge in [0, 0.05) is 17.2 Å². The van der Waals surface area contributed by atoms with Gasteiger partial charge in [-0.05, 0) is 17.4 Å². The van der Waals surface area contributed by atoms with E-state index in [1.54, 1.807) is 0 Å². The maximum Gasteiger partial charge on any atom is 0.228 e. The summed E-state index contributed by atoms with van der Waals surface area (Å²) in [6.45, 7) is 5.57. The summed E-state index contributed by atoms with van der Waals surface area (Å²) in [5, 5.41) is 10.1. The van der Waals surface area contributed by atoms with E-state index in [2.05, 4.69) is 29.5 Å². The van der Waals surface area contributed by atoms with Gasteiger partial charge < -0.3 is 10.6 Å². The predicted octanol–water partition coefficient (Wildman–Crippen LogP) is 3.53. The Bertz CT molecular complexity index is 635. The summed E-state index contributed by atoms with van der Waals surface area (Å²) in [4.78, 5) is 28.9. The first-order chi connectivity index (χ1) is 10.5. The second-order valence-corrected chi connectivity index (χ2v) is 7.09. The van der Waals surface area contributed by atoms with Crippen LogP contribution in [0.3, 0.4) is 0 Å². The largest absolute Gasteiger partial charge is 0.348 e. The summed E-state index contributed by atoms with van der Waals surface area (Å²) in [5.41, 5.74) is 0.969. The van der Waals surface area contributed by atoms with E-state index in [0.717, 1.165) is 10.6 Å². The third kappa shape index (κ3) is 4.64. The van der Waals surface area contributed by atoms with Crippen molar-refractivity contribution in [2.75, 3.05) is 5.32 Å². The number of hydrogen-bond acceptors (Lipinski definition) is 5. The number of anilines is 1. The van der Waals surface area contributed by atoms with Gasteiger partial charge in [-0.3, -0.25) is 9.59 Å². The molecule has 1 unspecified atom stereocenters. The average Bonchev–Trinajstić information content (AvgIpc) is 3.08. The molecule has 2 rings (SSSR count). The first-order valence-corrected chi connectivity index (χ1v) is 8.77. The highest BCUT2D eigenvalue weighted by atomic mass is 32.1. The lowest BCUT2D eigenvalue weighted by Gasteiger charge is -2.15. The summed E-state index contributed by atoms with van der Waals surface area (Å²) in [7, 11) is 0. The quantitative estimate of drug-likeness (QED) is 0.847. The highest BCUT2D eigenvalue weighted by Gasteiger charge is 2.19. The van der Waals surface area contributed by atoms with Gasteiger partial charge in [-0.2, -0.15) is 0 Å². The van der Waals surface area contributed by atoms with Crippen molar-refractivity contribution in [3.63, 3.8) is 0 Å². The van der Waals surface area contributed by atoms with Gasteiger partial charge in [-0.25, -0.2) is 4.98 Å². The molecule has 0 aliphatic carbocycles. The van der Waals surface area contributed by atoms with Crippen molar-refractivity contribution in [2.24, 2.45) is 0 Å². The van der Waals surface area contributed by atoms with Gasteiger partial charge in [-0.1, -0.05) is 19.9 Å². The van der Waals surface area contributed by atoms with E-state index in [1.165, 1.54) is 29.6 Å². The molecule has 1 atom stereocenters. The van der Waals surface area contributed by atoms with E-state index < -0.39 is 0 Å². The van der Waals surface area contributed by atoms with E-state index in [0.29, 0.717) is 11.0 Å². The van der Waals surface area contributed by atoms with Crippen LogP contribution in [0.25, 0.3) is 0 Å². The van der Waals surface area contributed by atoms with Crippen LogP contribution >= 0.6 is 22.7 Å². The molecule has 7 heteroatoms. The second-order valence-electron chi connectivity index (χ2n) is 5.25. The monoisotopic (exact) mass is 337 g/mol. The third-order valence-electron chi connectivity index (χ3n) is 3.01. The number of hydrogen-bond donors (Lipinski definition) is 2. The van der Waals surface area contributed by atoms with Gasteiger partial charge in [0.25, 0.3) is 0 Å². The van der Waals surface area contributed by atoms with E-state index in [1.807, 2.05) is 22.9 Å². The number of carbonyl (C=O) groups is 2. The van der Waals surface area contributed by atoms with Gasteiger partial charge in [0.05, 0.1) is 18.2 Å². The summed E-state index contributed by atoms with van der Waals surface area (Å²) in [6.07, 6.45) is 0.191. The standard InChI is InChI=1S/C15H19N3O2S2/c1-9(2)12-8-22-15(17-12)18-14(20)7-11(16-10(3)19)13-5-4-6-21-13/h4-6,8-9,11H,7H2,1-3H3,(H,16,19)(H,17,18,20). The van der Waals surface area contributed by atoms with Crippen molar-refractivity contribution in [1.82, 2.24) is 10.3 Å². The Morgan fingerprint density at radius 2 is 2.09 bits per heavy atom. The zero-order chi connectivity index (χ0) is 16.1. The lowest BCUT2D eigenvalue weighted by atomic mass is 10.1. The Labute approximate surface area is 137 Å². The molecule has 22 heavy (non-hydrogen) atoms. The number of thiazole rings is 1. The Morgan fingerprint density at radius 3 is 2.64 bits per heavy atom. The fourth-order valence-corrected chi connectivity index (χ4v) is 3.59. The van der Waals surface area contributed by atoms with Crippen LogP contribution in [0.1, 0.15) is 49.7 Å². The molecule has 0 radical (unpaired) electrons. The molecule has 0 aromatic carbocycles. The fraction of sp³-hybridized carbons (Fsp3) is 0.400. The minimum absolute atomic E-state index is 0.150. The molecule has 2 N–H and O–H groups in total. The number of nitrogens with one attached hydrogen (secondary N) is 2. The smallest absolute Gasteiger partial charge is 0.228 e. The first kappa shape index (κ1) is 16.6. The second kappa shape index (κ2) is 7.51. The van der Waals surface area contributed by atoms with Crippen LogP contribution in [0, 0.1) is 0 Å². The van der Waals surface area contributed by atoms with Crippen LogP contribution < -0.4 is 10.6 Å². The molecule has 2 aromatic heterocycles. The summed E-state index contributed by atoms with van der Waals surface area (Å²) in [5.74, 6) is 0.0273. The van der Waals surface area contributed by atoms with Crippen LogP contribution in [0.2, 0.25) is 0 Å². The normalized spacial score (nSPS) is 12.2. The van der Waals surface area contributed by atoms with Crippen molar-refractivity contribution in [2.45, 2.75) is 39.2 Å². The van der Waals surface area contributed by atoms with Gasteiger partial charge in [0.2, 0.25) is 11.8 Å². The molecule has 2 aromatic rings. The van der Waals surface area contributed by atoms with Crippen LogP contribution in [-0.2, 0) is 9.59 Å². The number of nitrogens with zero attached hydrogens (tertiary/aromatic N) is 1. The lowest BCUT2D eigenvalue weighted by Crippen LogP contribution is -2.29. The maximum atomic E-state index is 12.2. The third-order valence-corrected chi connectivity index (χ3v) is 4.78. The van der Waals surface area contributed by atoms with Gasteiger partial charge in [0.1, 0.15) is 0 Å². The molecular formula is C15H19N3O2S2. The van der Waals surface area contributed by atoms with Crippen LogP contribution in [0.5, 0.6) is 0 Å². The Kier molecular flexibility index (Phi) is 5.68. The fourth-order valence-electron chi connectivity index (χ4n) is 1.92. The SMILES string of the molecule is CC(=O)NC(CC(=O)Nc1nc(C(C)C)cs1)c1cccs1. The molecule has 0 saturated carbocycles. The van der Waals surface area contributed by atoms with Crippen molar-refractivity contribution >= 4 is 39.6 Å². The van der Waals surface area contributed by atoms with Crippen molar-refractivity contribution in [3.8, 4) is 0 Å². The highest BCUT2D eigenvalue weighted by molar-refractivity contribution is 7.14. The maximum absolute atomic E-state index is 12.2. The molecule has 0 aliphatic rings. The summed E-state index contributed by atoms with van der Waals surface area (Å²) < 4.78 is 0. The average molecular weight is 337 g/mol. The van der Waals surface area contributed by atoms with Crippen LogP contribution in [0.4, 0.5) is 5.13 Å². The molecular weight excluding hydrogens is 318 g/mol. The van der Waals surface area contributed by atoms with Crippen LogP contribution in [-0.4, -0.2) is 16.8 Å². The molecule has 2 heterocycles. The van der Waals surface area contributed by atoms with Gasteiger partial charge in [-0.15, -0.1) is 22.7 Å². The highest BCUT2D eigenvalue weighted by Crippen LogP contribution is 2.24. The minimum atomic E-state index is -0.304. The molecule has 5 nitrogen and oxygen atoms in total. The van der Waals surface area contributed by atoms with Gasteiger partial charge >= 0.3 is 0 Å². The van der Waals surface area contributed by atoms with Crippen LogP contribution in [0.15, 0.2) is 22.9 Å². The Hall–Kier alpha value is -1.73.